The molecule has 2 heterocycles. The Morgan fingerprint density at radius 3 is 2.79 bits per heavy atom. The monoisotopic (exact) mass is 375 g/mol. The zero-order chi connectivity index (χ0) is 19.5. The average molecular weight is 376 g/mol. The van der Waals surface area contributed by atoms with Crippen molar-refractivity contribution in [3.05, 3.63) is 83.2 Å². The molecule has 28 heavy (non-hydrogen) atoms. The molecule has 3 aromatic rings. The fourth-order valence-corrected chi connectivity index (χ4v) is 4.01. The van der Waals surface area contributed by atoms with Crippen molar-refractivity contribution in [1.29, 1.82) is 0 Å². The van der Waals surface area contributed by atoms with Crippen LogP contribution in [0, 0.1) is 19.8 Å². The lowest BCUT2D eigenvalue weighted by Crippen LogP contribution is -2.30. The first-order valence-corrected chi connectivity index (χ1v) is 9.93. The van der Waals surface area contributed by atoms with E-state index in [1.165, 1.54) is 22.3 Å². The number of aryl methyl sites for hydroxylation is 2. The van der Waals surface area contributed by atoms with Gasteiger partial charge in [-0.05, 0) is 61.3 Å². The van der Waals surface area contributed by atoms with Gasteiger partial charge in [-0.25, -0.2) is 10.1 Å². The van der Waals surface area contributed by atoms with Gasteiger partial charge in [0.15, 0.2) is 0 Å². The highest BCUT2D eigenvalue weighted by Gasteiger charge is 2.29. The van der Waals surface area contributed by atoms with E-state index < -0.39 is 0 Å². The van der Waals surface area contributed by atoms with Crippen LogP contribution < -0.4 is 10.9 Å². The molecule has 1 saturated heterocycles. The minimum atomic E-state index is 0.345. The van der Waals surface area contributed by atoms with E-state index in [2.05, 4.69) is 84.2 Å². The number of nitrogens with zero attached hydrogens (tertiary/aromatic N) is 3. The van der Waals surface area contributed by atoms with Crippen LogP contribution in [0.15, 0.2) is 60.9 Å². The highest BCUT2D eigenvalue weighted by atomic mass is 15.4. The molecule has 2 atom stereocenters. The third-order valence-corrected chi connectivity index (χ3v) is 5.66. The summed E-state index contributed by atoms with van der Waals surface area (Å²) in [4.78, 5) is 2.41. The van der Waals surface area contributed by atoms with Gasteiger partial charge in [0.25, 0.3) is 0 Å². The van der Waals surface area contributed by atoms with Crippen molar-refractivity contribution in [2.45, 2.75) is 26.4 Å². The van der Waals surface area contributed by atoms with E-state index >= 15 is 0 Å². The quantitative estimate of drug-likeness (QED) is 0.693. The van der Waals surface area contributed by atoms with Crippen molar-refractivity contribution in [2.75, 3.05) is 20.1 Å². The smallest absolute Gasteiger partial charge is 0.0648 e. The molecular formula is C23H29N5. The van der Waals surface area contributed by atoms with E-state index in [9.17, 15) is 0 Å². The first-order valence-electron chi connectivity index (χ1n) is 9.93. The molecule has 0 radical (unpaired) electrons. The molecule has 0 spiro atoms. The summed E-state index contributed by atoms with van der Waals surface area (Å²) in [6.45, 7) is 7.29. The number of aromatic nitrogens is 2. The lowest BCUT2D eigenvalue weighted by molar-refractivity contribution is 0.262. The molecule has 5 nitrogen and oxygen atoms in total. The summed E-state index contributed by atoms with van der Waals surface area (Å²) in [7, 11) is 2.20. The lowest BCUT2D eigenvalue weighted by atomic mass is 9.92. The molecule has 146 valence electrons. The summed E-state index contributed by atoms with van der Waals surface area (Å²) >= 11 is 0. The number of benzene rings is 2. The molecule has 1 aromatic heterocycles. The molecule has 1 fully saturated rings. The van der Waals surface area contributed by atoms with Crippen LogP contribution in [0.3, 0.4) is 0 Å². The number of hydrogen-bond acceptors (Lipinski definition) is 4. The van der Waals surface area contributed by atoms with Gasteiger partial charge in [-0.3, -0.25) is 5.43 Å². The standard InChI is InChI=1S/C23H29N5/c1-17-8-9-20(12-18(17)2)23-21(14-24-26-23)16-27(3)15-19-6-4-7-22(13-19)28-11-5-10-25-28/h4-13,21,23-24,26H,14-16H2,1-3H3. The normalized spacial score (nSPS) is 19.4. The Morgan fingerprint density at radius 1 is 1.11 bits per heavy atom. The first-order chi connectivity index (χ1) is 13.6. The van der Waals surface area contributed by atoms with Crippen LogP contribution in [0.1, 0.15) is 28.3 Å². The van der Waals surface area contributed by atoms with E-state index in [0.29, 0.717) is 12.0 Å². The largest absolute Gasteiger partial charge is 0.302 e. The highest BCUT2D eigenvalue weighted by Crippen LogP contribution is 2.27. The Balaban J connectivity index is 1.42. The third-order valence-electron chi connectivity index (χ3n) is 5.66. The van der Waals surface area contributed by atoms with Crippen LogP contribution in [0.2, 0.25) is 0 Å². The van der Waals surface area contributed by atoms with E-state index in [1.54, 1.807) is 0 Å². The minimum Gasteiger partial charge on any atom is -0.302 e. The number of hydrazine groups is 1. The molecule has 0 aliphatic carbocycles. The fourth-order valence-electron chi connectivity index (χ4n) is 4.01. The number of rotatable bonds is 6. The maximum atomic E-state index is 4.33. The second kappa shape index (κ2) is 8.27. The van der Waals surface area contributed by atoms with E-state index in [-0.39, 0.29) is 0 Å². The summed E-state index contributed by atoms with van der Waals surface area (Å²) in [6, 6.07) is 17.7. The zero-order valence-corrected chi connectivity index (χ0v) is 16.9. The predicted molar refractivity (Wildman–Crippen MR) is 113 cm³/mol. The molecule has 5 heteroatoms. The first kappa shape index (κ1) is 18.9. The molecule has 2 aromatic carbocycles. The molecule has 0 bridgehead atoms. The van der Waals surface area contributed by atoms with Crippen LogP contribution in [-0.2, 0) is 6.54 Å². The fraction of sp³-hybridized carbons (Fsp3) is 0.348. The molecular weight excluding hydrogens is 346 g/mol. The topological polar surface area (TPSA) is 45.1 Å². The Kier molecular flexibility index (Phi) is 5.57. The molecule has 0 saturated carbocycles. The van der Waals surface area contributed by atoms with Crippen LogP contribution >= 0.6 is 0 Å². The Hall–Kier alpha value is -2.47. The molecule has 0 amide bonds. The van der Waals surface area contributed by atoms with Gasteiger partial charge in [0.1, 0.15) is 0 Å². The maximum absolute atomic E-state index is 4.33. The van der Waals surface area contributed by atoms with Gasteiger partial charge < -0.3 is 4.90 Å². The van der Waals surface area contributed by atoms with Crippen molar-refractivity contribution in [3.63, 3.8) is 0 Å². The van der Waals surface area contributed by atoms with Crippen LogP contribution in [0.25, 0.3) is 5.69 Å². The van der Waals surface area contributed by atoms with Crippen molar-refractivity contribution in [3.8, 4) is 5.69 Å². The third kappa shape index (κ3) is 4.17. The van der Waals surface area contributed by atoms with Crippen molar-refractivity contribution in [1.82, 2.24) is 25.5 Å². The van der Waals surface area contributed by atoms with Crippen molar-refractivity contribution in [2.24, 2.45) is 5.92 Å². The van der Waals surface area contributed by atoms with Gasteiger partial charge >= 0.3 is 0 Å². The van der Waals surface area contributed by atoms with Crippen molar-refractivity contribution < 1.29 is 0 Å². The molecule has 1 aliphatic rings. The summed E-state index contributed by atoms with van der Waals surface area (Å²) in [5.41, 5.74) is 13.3. The predicted octanol–water partition coefficient (Wildman–Crippen LogP) is 3.39. The summed E-state index contributed by atoms with van der Waals surface area (Å²) in [6.07, 6.45) is 3.79. The SMILES string of the molecule is Cc1ccc(C2NNCC2CN(C)Cc2cccc(-n3cccn3)c2)cc1C. The molecule has 1 aliphatic heterocycles. The second-order valence-electron chi connectivity index (χ2n) is 7.92. The molecule has 2 N–H and O–H groups in total. The Bertz CT molecular complexity index is 919. The van der Waals surface area contributed by atoms with Gasteiger partial charge in [-0.1, -0.05) is 30.3 Å². The van der Waals surface area contributed by atoms with Crippen LogP contribution in [0.4, 0.5) is 0 Å². The average Bonchev–Trinajstić information content (AvgIpc) is 3.36. The highest BCUT2D eigenvalue weighted by molar-refractivity contribution is 5.35. The van der Waals surface area contributed by atoms with Gasteiger partial charge in [-0.2, -0.15) is 5.10 Å². The Morgan fingerprint density at radius 2 is 2.00 bits per heavy atom. The van der Waals surface area contributed by atoms with Crippen LogP contribution in [0.5, 0.6) is 0 Å². The number of hydrogen-bond donors (Lipinski definition) is 2. The van der Waals surface area contributed by atoms with E-state index in [1.807, 2.05) is 23.1 Å². The van der Waals surface area contributed by atoms with Gasteiger partial charge in [-0.15, -0.1) is 0 Å². The van der Waals surface area contributed by atoms with E-state index in [0.717, 1.165) is 25.3 Å². The lowest BCUT2D eigenvalue weighted by Gasteiger charge is -2.25. The Labute approximate surface area is 167 Å². The minimum absolute atomic E-state index is 0.345. The number of nitrogens with one attached hydrogen (secondary N) is 2. The second-order valence-corrected chi connectivity index (χ2v) is 7.92. The van der Waals surface area contributed by atoms with E-state index in [4.69, 9.17) is 0 Å². The summed E-state index contributed by atoms with van der Waals surface area (Å²) in [5, 5.41) is 4.33. The zero-order valence-electron chi connectivity index (χ0n) is 16.9. The summed E-state index contributed by atoms with van der Waals surface area (Å²) in [5.74, 6) is 0.529. The molecule has 4 rings (SSSR count). The van der Waals surface area contributed by atoms with Gasteiger partial charge in [0.05, 0.1) is 11.7 Å². The van der Waals surface area contributed by atoms with Gasteiger partial charge in [0.2, 0.25) is 0 Å². The van der Waals surface area contributed by atoms with Crippen LogP contribution in [-0.4, -0.2) is 34.8 Å². The van der Waals surface area contributed by atoms with Crippen molar-refractivity contribution >= 4 is 0 Å². The summed E-state index contributed by atoms with van der Waals surface area (Å²) < 4.78 is 1.91. The molecule has 2 unspecified atom stereocenters. The van der Waals surface area contributed by atoms with Gasteiger partial charge in [0, 0.05) is 37.9 Å². The maximum Gasteiger partial charge on any atom is 0.0648 e.